The average molecular weight is 182 g/mol. The van der Waals surface area contributed by atoms with Gasteiger partial charge in [-0.1, -0.05) is 0 Å². The fourth-order valence-corrected chi connectivity index (χ4v) is 1.14. The van der Waals surface area contributed by atoms with Crippen LogP contribution < -0.4 is 15.2 Å². The zero-order valence-electron chi connectivity index (χ0n) is 8.34. The lowest BCUT2D eigenvalue weighted by Gasteiger charge is -2.13. The third-order valence-electron chi connectivity index (χ3n) is 1.87. The molecular formula is C9H14N2O2. The molecule has 1 aromatic rings. The first kappa shape index (κ1) is 9.64. The highest BCUT2D eigenvalue weighted by atomic mass is 16.5. The van der Waals surface area contributed by atoms with Gasteiger partial charge in [-0.15, -0.1) is 0 Å². The molecule has 0 saturated heterocycles. The number of hydrogen-bond acceptors (Lipinski definition) is 3. The molecule has 4 nitrogen and oxygen atoms in total. The second-order valence-electron chi connectivity index (χ2n) is 3.07. The highest BCUT2D eigenvalue weighted by molar-refractivity contribution is 5.48. The van der Waals surface area contributed by atoms with Crippen molar-refractivity contribution < 1.29 is 4.74 Å². The highest BCUT2D eigenvalue weighted by Crippen LogP contribution is 2.17. The third kappa shape index (κ3) is 1.83. The monoisotopic (exact) mass is 182 g/mol. The number of rotatable bonds is 2. The van der Waals surface area contributed by atoms with Gasteiger partial charge in [-0.2, -0.15) is 0 Å². The van der Waals surface area contributed by atoms with E-state index in [1.54, 1.807) is 25.0 Å². The van der Waals surface area contributed by atoms with Crippen LogP contribution in [0.2, 0.25) is 0 Å². The number of anilines is 1. The minimum atomic E-state index is -0.0942. The van der Waals surface area contributed by atoms with Gasteiger partial charge >= 0.3 is 0 Å². The summed E-state index contributed by atoms with van der Waals surface area (Å²) in [5.41, 5.74) is 1.25. The number of pyridine rings is 1. The molecule has 0 bridgehead atoms. The van der Waals surface area contributed by atoms with Crippen LogP contribution in [-0.2, 0) is 0 Å². The van der Waals surface area contributed by atoms with Crippen LogP contribution in [0.15, 0.2) is 10.9 Å². The molecule has 0 aromatic carbocycles. The minimum Gasteiger partial charge on any atom is -0.495 e. The Balaban J connectivity index is 3.31. The predicted octanol–water partition coefficient (Wildman–Crippen LogP) is 0.758. The molecule has 1 heterocycles. The predicted molar refractivity (Wildman–Crippen MR) is 52.7 cm³/mol. The van der Waals surface area contributed by atoms with E-state index in [4.69, 9.17) is 4.74 Å². The van der Waals surface area contributed by atoms with Crippen LogP contribution in [-0.4, -0.2) is 26.2 Å². The first-order chi connectivity index (χ1) is 6.06. The Hall–Kier alpha value is -1.45. The quantitative estimate of drug-likeness (QED) is 0.734. The van der Waals surface area contributed by atoms with Crippen molar-refractivity contribution in [3.8, 4) is 5.75 Å². The van der Waals surface area contributed by atoms with Gasteiger partial charge in [0.2, 0.25) is 0 Å². The summed E-state index contributed by atoms with van der Waals surface area (Å²) in [6, 6.07) is 1.73. The summed E-state index contributed by atoms with van der Waals surface area (Å²) in [6.45, 7) is 1.81. The fourth-order valence-electron chi connectivity index (χ4n) is 1.14. The van der Waals surface area contributed by atoms with Gasteiger partial charge in [0.15, 0.2) is 0 Å². The van der Waals surface area contributed by atoms with Gasteiger partial charge in [-0.25, -0.2) is 0 Å². The highest BCUT2D eigenvalue weighted by Gasteiger charge is 2.06. The van der Waals surface area contributed by atoms with Crippen molar-refractivity contribution in [2.24, 2.45) is 0 Å². The van der Waals surface area contributed by atoms with Crippen molar-refractivity contribution in [1.82, 2.24) is 4.98 Å². The number of hydrogen-bond donors (Lipinski definition) is 1. The maximum absolute atomic E-state index is 11.4. The topological polar surface area (TPSA) is 45.3 Å². The lowest BCUT2D eigenvalue weighted by Crippen LogP contribution is -2.21. The maximum atomic E-state index is 11.4. The van der Waals surface area contributed by atoms with E-state index in [2.05, 4.69) is 4.98 Å². The number of aromatic nitrogens is 1. The van der Waals surface area contributed by atoms with Gasteiger partial charge in [0.05, 0.1) is 12.8 Å². The van der Waals surface area contributed by atoms with E-state index in [-0.39, 0.29) is 5.56 Å². The summed E-state index contributed by atoms with van der Waals surface area (Å²) in [6.07, 6.45) is 0. The van der Waals surface area contributed by atoms with Gasteiger partial charge in [-0.05, 0) is 6.92 Å². The molecule has 1 aromatic heterocycles. The van der Waals surface area contributed by atoms with Crippen molar-refractivity contribution in [2.75, 3.05) is 26.1 Å². The van der Waals surface area contributed by atoms with Gasteiger partial charge < -0.3 is 14.6 Å². The van der Waals surface area contributed by atoms with Crippen LogP contribution in [0.1, 0.15) is 5.69 Å². The molecule has 0 fully saturated rings. The molecule has 0 aliphatic carbocycles. The normalized spacial score (nSPS) is 9.85. The third-order valence-corrected chi connectivity index (χ3v) is 1.87. The lowest BCUT2D eigenvalue weighted by atomic mass is 10.3. The number of methoxy groups -OCH3 is 1. The number of ether oxygens (including phenoxy) is 1. The number of nitrogens with zero attached hydrogens (tertiary/aromatic N) is 1. The Morgan fingerprint density at radius 3 is 2.54 bits per heavy atom. The van der Waals surface area contributed by atoms with Crippen molar-refractivity contribution in [3.63, 3.8) is 0 Å². The van der Waals surface area contributed by atoms with Crippen LogP contribution in [0.3, 0.4) is 0 Å². The molecule has 1 rings (SSSR count). The van der Waals surface area contributed by atoms with Crippen LogP contribution >= 0.6 is 0 Å². The summed E-state index contributed by atoms with van der Waals surface area (Å²) in [7, 11) is 5.22. The van der Waals surface area contributed by atoms with E-state index in [0.717, 1.165) is 5.69 Å². The number of H-pyrrole nitrogens is 1. The number of nitrogens with one attached hydrogen (secondary N) is 1. The summed E-state index contributed by atoms with van der Waals surface area (Å²) < 4.78 is 5.09. The van der Waals surface area contributed by atoms with Crippen molar-refractivity contribution >= 4 is 5.69 Å². The fraction of sp³-hybridized carbons (Fsp3) is 0.444. The van der Waals surface area contributed by atoms with Crippen LogP contribution in [0, 0.1) is 6.92 Å². The first-order valence-corrected chi connectivity index (χ1v) is 4.01. The van der Waals surface area contributed by atoms with Crippen LogP contribution in [0.25, 0.3) is 0 Å². The van der Waals surface area contributed by atoms with Crippen molar-refractivity contribution in [2.45, 2.75) is 6.92 Å². The zero-order valence-corrected chi connectivity index (χ0v) is 8.34. The Bertz CT molecular complexity index is 355. The van der Waals surface area contributed by atoms with E-state index in [0.29, 0.717) is 11.4 Å². The van der Waals surface area contributed by atoms with Gasteiger partial charge in [-0.3, -0.25) is 4.79 Å². The average Bonchev–Trinajstić information content (AvgIpc) is 2.03. The standard InChI is InChI=1S/C9H14N2O2/c1-6-8(13-4)5-7(11(2)3)9(12)10-6/h5H,1-4H3,(H,10,12). The SMILES string of the molecule is COc1cc(N(C)C)c(=O)[nH]c1C. The molecule has 0 amide bonds. The molecular weight excluding hydrogens is 168 g/mol. The van der Waals surface area contributed by atoms with E-state index in [9.17, 15) is 4.79 Å². The van der Waals surface area contributed by atoms with E-state index >= 15 is 0 Å². The first-order valence-electron chi connectivity index (χ1n) is 4.01. The summed E-state index contributed by atoms with van der Waals surface area (Å²) in [4.78, 5) is 15.9. The van der Waals surface area contributed by atoms with Crippen molar-refractivity contribution in [1.29, 1.82) is 0 Å². The lowest BCUT2D eigenvalue weighted by molar-refractivity contribution is 0.409. The van der Waals surface area contributed by atoms with E-state index in [1.807, 2.05) is 14.1 Å². The second kappa shape index (κ2) is 3.51. The molecule has 0 aliphatic heterocycles. The van der Waals surface area contributed by atoms with E-state index < -0.39 is 0 Å². The van der Waals surface area contributed by atoms with Gasteiger partial charge in [0, 0.05) is 20.2 Å². The van der Waals surface area contributed by atoms with Gasteiger partial charge in [0.25, 0.3) is 5.56 Å². The van der Waals surface area contributed by atoms with Crippen LogP contribution in [0.5, 0.6) is 5.75 Å². The van der Waals surface area contributed by atoms with Gasteiger partial charge in [0.1, 0.15) is 11.4 Å². The summed E-state index contributed by atoms with van der Waals surface area (Å²) in [5.74, 6) is 0.698. The molecule has 13 heavy (non-hydrogen) atoms. The molecule has 4 heteroatoms. The Labute approximate surface area is 77.1 Å². The smallest absolute Gasteiger partial charge is 0.271 e. The maximum Gasteiger partial charge on any atom is 0.271 e. The Kier molecular flexibility index (Phi) is 2.60. The number of aromatic amines is 1. The molecule has 0 spiro atoms. The molecule has 0 saturated carbocycles. The second-order valence-corrected chi connectivity index (χ2v) is 3.07. The summed E-state index contributed by atoms with van der Waals surface area (Å²) >= 11 is 0. The van der Waals surface area contributed by atoms with Crippen molar-refractivity contribution in [3.05, 3.63) is 22.1 Å². The van der Waals surface area contributed by atoms with Crippen LogP contribution in [0.4, 0.5) is 5.69 Å². The number of aryl methyl sites for hydroxylation is 1. The molecule has 0 radical (unpaired) electrons. The largest absolute Gasteiger partial charge is 0.495 e. The molecule has 72 valence electrons. The molecule has 1 N–H and O–H groups in total. The molecule has 0 unspecified atom stereocenters. The summed E-state index contributed by atoms with van der Waals surface area (Å²) in [5, 5.41) is 0. The Morgan fingerprint density at radius 1 is 1.46 bits per heavy atom. The zero-order chi connectivity index (χ0) is 10.0. The minimum absolute atomic E-state index is 0.0942. The van der Waals surface area contributed by atoms with E-state index in [1.165, 1.54) is 0 Å². The molecule has 0 aliphatic rings. The molecule has 0 atom stereocenters. The Morgan fingerprint density at radius 2 is 2.08 bits per heavy atom.